The largest absolute Gasteiger partial charge is 0.381 e. The number of hydrogen-bond acceptors (Lipinski definition) is 4. The predicted octanol–water partition coefficient (Wildman–Crippen LogP) is 1.27. The van der Waals surface area contributed by atoms with Crippen LogP contribution in [0, 0.1) is 0 Å². The molecule has 3 rings (SSSR count). The lowest BCUT2D eigenvalue weighted by molar-refractivity contribution is 0.0506. The minimum absolute atomic E-state index is 0.0639. The molecule has 0 saturated carbocycles. The SMILES string of the molecule is O=C(NCC1(c2cccc(Br)c2)CCOCC1)NC1CNNC1. The Labute approximate surface area is 144 Å². The highest BCUT2D eigenvalue weighted by Gasteiger charge is 2.35. The maximum absolute atomic E-state index is 12.2. The summed E-state index contributed by atoms with van der Waals surface area (Å²) in [7, 11) is 0. The molecule has 0 aliphatic carbocycles. The molecular weight excluding hydrogens is 360 g/mol. The molecule has 0 atom stereocenters. The number of hydrazine groups is 1. The average Bonchev–Trinajstić information content (AvgIpc) is 3.07. The zero-order chi connectivity index (χ0) is 16.1. The molecule has 0 radical (unpaired) electrons. The van der Waals surface area contributed by atoms with E-state index in [4.69, 9.17) is 4.74 Å². The molecule has 1 aromatic rings. The molecule has 0 aromatic heterocycles. The lowest BCUT2D eigenvalue weighted by atomic mass is 9.74. The van der Waals surface area contributed by atoms with E-state index < -0.39 is 0 Å². The van der Waals surface area contributed by atoms with Gasteiger partial charge in [-0.05, 0) is 30.5 Å². The van der Waals surface area contributed by atoms with E-state index >= 15 is 0 Å². The molecule has 0 spiro atoms. The quantitative estimate of drug-likeness (QED) is 0.632. The van der Waals surface area contributed by atoms with Crippen LogP contribution >= 0.6 is 15.9 Å². The maximum Gasteiger partial charge on any atom is 0.315 e. The Morgan fingerprint density at radius 1 is 1.30 bits per heavy atom. The van der Waals surface area contributed by atoms with Crippen molar-refractivity contribution >= 4 is 22.0 Å². The van der Waals surface area contributed by atoms with Crippen LogP contribution in [0.2, 0.25) is 0 Å². The molecule has 2 fully saturated rings. The van der Waals surface area contributed by atoms with E-state index in [1.165, 1.54) is 5.56 Å². The van der Waals surface area contributed by atoms with E-state index in [2.05, 4.69) is 49.5 Å². The van der Waals surface area contributed by atoms with E-state index in [-0.39, 0.29) is 17.5 Å². The second-order valence-corrected chi connectivity index (χ2v) is 7.10. The maximum atomic E-state index is 12.2. The van der Waals surface area contributed by atoms with Gasteiger partial charge in [0.05, 0.1) is 6.04 Å². The molecule has 2 heterocycles. The standard InChI is InChI=1S/C16H23BrN4O2/c17-13-3-1-2-12(8-13)16(4-6-23-7-5-16)11-18-15(22)21-14-9-19-20-10-14/h1-3,8,14,19-20H,4-7,9-11H2,(H2,18,21,22). The fourth-order valence-corrected chi connectivity index (χ4v) is 3.60. The number of rotatable bonds is 4. The van der Waals surface area contributed by atoms with Crippen LogP contribution in [0.5, 0.6) is 0 Å². The Balaban J connectivity index is 1.65. The van der Waals surface area contributed by atoms with E-state index in [0.29, 0.717) is 6.54 Å². The topological polar surface area (TPSA) is 74.4 Å². The van der Waals surface area contributed by atoms with Gasteiger partial charge in [-0.15, -0.1) is 0 Å². The zero-order valence-corrected chi connectivity index (χ0v) is 14.6. The number of nitrogens with one attached hydrogen (secondary N) is 4. The van der Waals surface area contributed by atoms with Crippen molar-refractivity contribution < 1.29 is 9.53 Å². The first-order valence-corrected chi connectivity index (χ1v) is 8.81. The van der Waals surface area contributed by atoms with Crippen molar-refractivity contribution in [3.63, 3.8) is 0 Å². The van der Waals surface area contributed by atoms with E-state index in [1.807, 2.05) is 12.1 Å². The second-order valence-electron chi connectivity index (χ2n) is 6.19. The monoisotopic (exact) mass is 382 g/mol. The summed E-state index contributed by atoms with van der Waals surface area (Å²) in [6.45, 7) is 3.57. The molecule has 0 bridgehead atoms. The molecule has 2 amide bonds. The molecule has 2 saturated heterocycles. The lowest BCUT2D eigenvalue weighted by Crippen LogP contribution is -2.50. The Kier molecular flexibility index (Phi) is 5.53. The van der Waals surface area contributed by atoms with Crippen LogP contribution in [0.15, 0.2) is 28.7 Å². The lowest BCUT2D eigenvalue weighted by Gasteiger charge is -2.38. The summed E-state index contributed by atoms with van der Waals surface area (Å²) in [4.78, 5) is 12.2. The molecule has 126 valence electrons. The van der Waals surface area contributed by atoms with Gasteiger partial charge in [-0.1, -0.05) is 28.1 Å². The zero-order valence-electron chi connectivity index (χ0n) is 13.0. The molecule has 0 unspecified atom stereocenters. The molecule has 2 aliphatic heterocycles. The van der Waals surface area contributed by atoms with Crippen LogP contribution in [-0.2, 0) is 10.2 Å². The van der Waals surface area contributed by atoms with Crippen molar-refractivity contribution in [1.29, 1.82) is 0 Å². The van der Waals surface area contributed by atoms with E-state index in [0.717, 1.165) is 43.6 Å². The first kappa shape index (κ1) is 16.7. The van der Waals surface area contributed by atoms with E-state index in [9.17, 15) is 4.79 Å². The predicted molar refractivity (Wildman–Crippen MR) is 92.2 cm³/mol. The minimum atomic E-state index is -0.110. The fraction of sp³-hybridized carbons (Fsp3) is 0.562. The van der Waals surface area contributed by atoms with Gasteiger partial charge in [0.25, 0.3) is 0 Å². The Bertz CT molecular complexity index is 543. The third-order valence-corrected chi connectivity index (χ3v) is 5.12. The number of benzene rings is 1. The van der Waals surface area contributed by atoms with Gasteiger partial charge in [-0.25, -0.2) is 4.79 Å². The van der Waals surface area contributed by atoms with Crippen molar-refractivity contribution in [3.05, 3.63) is 34.3 Å². The summed E-state index contributed by atoms with van der Waals surface area (Å²) in [5.74, 6) is 0. The van der Waals surface area contributed by atoms with Gasteiger partial charge in [0, 0.05) is 42.7 Å². The Morgan fingerprint density at radius 3 is 2.74 bits per heavy atom. The molecule has 23 heavy (non-hydrogen) atoms. The smallest absolute Gasteiger partial charge is 0.315 e. The van der Waals surface area contributed by atoms with Crippen LogP contribution in [0.4, 0.5) is 4.79 Å². The summed E-state index contributed by atoms with van der Waals surface area (Å²) < 4.78 is 6.60. The highest BCUT2D eigenvalue weighted by Crippen LogP contribution is 2.35. The highest BCUT2D eigenvalue weighted by molar-refractivity contribution is 9.10. The third kappa shape index (κ3) is 4.23. The fourth-order valence-electron chi connectivity index (χ4n) is 3.20. The van der Waals surface area contributed by atoms with Crippen molar-refractivity contribution in [3.8, 4) is 0 Å². The summed E-state index contributed by atoms with van der Waals surface area (Å²) in [5, 5.41) is 6.04. The van der Waals surface area contributed by atoms with Crippen LogP contribution < -0.4 is 21.5 Å². The summed E-state index contributed by atoms with van der Waals surface area (Å²) in [6.07, 6.45) is 1.83. The number of carbonyl (C=O) groups is 1. The minimum Gasteiger partial charge on any atom is -0.381 e. The number of amides is 2. The molecule has 4 N–H and O–H groups in total. The number of urea groups is 1. The van der Waals surface area contributed by atoms with Gasteiger partial charge in [0.2, 0.25) is 0 Å². The average molecular weight is 383 g/mol. The number of hydrogen-bond donors (Lipinski definition) is 4. The van der Waals surface area contributed by atoms with Crippen LogP contribution in [0.3, 0.4) is 0 Å². The van der Waals surface area contributed by atoms with Gasteiger partial charge >= 0.3 is 6.03 Å². The molecule has 7 heteroatoms. The van der Waals surface area contributed by atoms with Crippen LogP contribution in [0.25, 0.3) is 0 Å². The normalized spacial score (nSPS) is 21.1. The molecule has 1 aromatic carbocycles. The van der Waals surface area contributed by atoms with Gasteiger partial charge < -0.3 is 15.4 Å². The summed E-state index contributed by atoms with van der Waals surface area (Å²) in [5.41, 5.74) is 7.20. The van der Waals surface area contributed by atoms with Gasteiger partial charge in [-0.3, -0.25) is 10.9 Å². The summed E-state index contributed by atoms with van der Waals surface area (Å²) in [6, 6.07) is 8.38. The number of halogens is 1. The van der Waals surface area contributed by atoms with Gasteiger partial charge in [0.1, 0.15) is 0 Å². The van der Waals surface area contributed by atoms with Gasteiger partial charge in [0.15, 0.2) is 0 Å². The third-order valence-electron chi connectivity index (χ3n) is 4.63. The first-order chi connectivity index (χ1) is 11.2. The van der Waals surface area contributed by atoms with Crippen molar-refractivity contribution in [2.45, 2.75) is 24.3 Å². The second kappa shape index (κ2) is 7.61. The molecular formula is C16H23BrN4O2. The number of carbonyl (C=O) groups excluding carboxylic acids is 1. The first-order valence-electron chi connectivity index (χ1n) is 8.02. The van der Waals surface area contributed by atoms with Gasteiger partial charge in [-0.2, -0.15) is 0 Å². The van der Waals surface area contributed by atoms with Crippen molar-refractivity contribution in [2.24, 2.45) is 0 Å². The van der Waals surface area contributed by atoms with Crippen molar-refractivity contribution in [2.75, 3.05) is 32.8 Å². The molecule has 6 nitrogen and oxygen atoms in total. The number of ether oxygens (including phenoxy) is 1. The van der Waals surface area contributed by atoms with Crippen molar-refractivity contribution in [1.82, 2.24) is 21.5 Å². The summed E-state index contributed by atoms with van der Waals surface area (Å²) >= 11 is 3.55. The van der Waals surface area contributed by atoms with Crippen LogP contribution in [-0.4, -0.2) is 44.9 Å². The van der Waals surface area contributed by atoms with Crippen LogP contribution in [0.1, 0.15) is 18.4 Å². The Morgan fingerprint density at radius 2 is 2.04 bits per heavy atom. The highest BCUT2D eigenvalue weighted by atomic mass is 79.9. The van der Waals surface area contributed by atoms with E-state index in [1.54, 1.807) is 0 Å². The molecule has 2 aliphatic rings. The Hall–Kier alpha value is -1.15.